The summed E-state index contributed by atoms with van der Waals surface area (Å²) in [4.78, 5) is 11.4. The fourth-order valence-corrected chi connectivity index (χ4v) is 0.858. The molecule has 82 valence electrons. The van der Waals surface area contributed by atoms with Crippen LogP contribution < -0.4 is 5.73 Å². The first-order valence-corrected chi connectivity index (χ1v) is 5.02. The molecule has 0 rings (SSSR count). The molecule has 0 fully saturated rings. The summed E-state index contributed by atoms with van der Waals surface area (Å²) in [5.41, 5.74) is 5.14. The number of hydrogen-bond acceptors (Lipinski definition) is 3. The monoisotopic (exact) mass is 199 g/mol. The van der Waals surface area contributed by atoms with E-state index in [1.807, 2.05) is 26.8 Å². The van der Waals surface area contributed by atoms with Crippen molar-refractivity contribution in [2.45, 2.75) is 52.2 Å². The first-order chi connectivity index (χ1) is 6.37. The summed E-state index contributed by atoms with van der Waals surface area (Å²) in [5.74, 6) is -0.371. The largest absolute Gasteiger partial charge is 0.459 e. The lowest BCUT2D eigenvalue weighted by atomic mass is 10.2. The van der Waals surface area contributed by atoms with Gasteiger partial charge in [-0.15, -0.1) is 0 Å². The zero-order valence-corrected chi connectivity index (χ0v) is 9.54. The van der Waals surface area contributed by atoms with Gasteiger partial charge in [0.2, 0.25) is 0 Å². The normalized spacial score (nSPS) is 14.4. The number of carbonyl (C=O) groups is 1. The third-order valence-corrected chi connectivity index (χ3v) is 1.48. The van der Waals surface area contributed by atoms with E-state index < -0.39 is 11.6 Å². The Morgan fingerprint density at radius 2 is 2.07 bits per heavy atom. The van der Waals surface area contributed by atoms with Crippen LogP contribution in [0.3, 0.4) is 0 Å². The molecule has 2 N–H and O–H groups in total. The molecule has 0 aromatic heterocycles. The van der Waals surface area contributed by atoms with Gasteiger partial charge < -0.3 is 10.5 Å². The van der Waals surface area contributed by atoms with Gasteiger partial charge in [0.1, 0.15) is 11.6 Å². The Labute approximate surface area is 86.3 Å². The van der Waals surface area contributed by atoms with Crippen molar-refractivity contribution in [1.82, 2.24) is 0 Å². The fraction of sp³-hybridized carbons (Fsp3) is 0.727. The standard InChI is InChI=1S/C11H21NO2/c1-5-6-7-8-9(12)10(13)14-11(2,3)4/h7-9H,5-6,12H2,1-4H3/b8-7+. The molecule has 1 unspecified atom stereocenters. The van der Waals surface area contributed by atoms with Crippen LogP contribution in [0.4, 0.5) is 0 Å². The predicted octanol–water partition coefficient (Wildman–Crippen LogP) is 2.01. The topological polar surface area (TPSA) is 52.3 Å². The predicted molar refractivity (Wildman–Crippen MR) is 57.9 cm³/mol. The molecule has 14 heavy (non-hydrogen) atoms. The van der Waals surface area contributed by atoms with Crippen molar-refractivity contribution in [3.8, 4) is 0 Å². The second-order valence-electron chi connectivity index (χ2n) is 4.28. The van der Waals surface area contributed by atoms with Gasteiger partial charge in [-0.05, 0) is 27.2 Å². The maximum Gasteiger partial charge on any atom is 0.327 e. The number of rotatable bonds is 4. The molecular weight excluding hydrogens is 178 g/mol. The summed E-state index contributed by atoms with van der Waals surface area (Å²) < 4.78 is 5.11. The summed E-state index contributed by atoms with van der Waals surface area (Å²) in [6.07, 6.45) is 5.60. The Bertz CT molecular complexity index is 204. The molecule has 0 amide bonds. The number of esters is 1. The van der Waals surface area contributed by atoms with Gasteiger partial charge in [0.05, 0.1) is 0 Å². The molecular formula is C11H21NO2. The van der Waals surface area contributed by atoms with Gasteiger partial charge in [0, 0.05) is 0 Å². The molecule has 1 atom stereocenters. The van der Waals surface area contributed by atoms with Gasteiger partial charge >= 0.3 is 5.97 Å². The summed E-state index contributed by atoms with van der Waals surface area (Å²) in [6.45, 7) is 7.55. The maximum absolute atomic E-state index is 11.4. The lowest BCUT2D eigenvalue weighted by molar-refractivity contribution is -0.155. The molecule has 0 aliphatic rings. The average molecular weight is 199 g/mol. The van der Waals surface area contributed by atoms with Crippen molar-refractivity contribution < 1.29 is 9.53 Å². The second-order valence-corrected chi connectivity index (χ2v) is 4.28. The van der Waals surface area contributed by atoms with Crippen molar-refractivity contribution in [3.63, 3.8) is 0 Å². The van der Waals surface area contributed by atoms with Crippen LogP contribution in [0.15, 0.2) is 12.2 Å². The molecule has 0 bridgehead atoms. The average Bonchev–Trinajstić information content (AvgIpc) is 2.01. The van der Waals surface area contributed by atoms with Crippen LogP contribution in [0.25, 0.3) is 0 Å². The van der Waals surface area contributed by atoms with Gasteiger partial charge in [-0.3, -0.25) is 0 Å². The summed E-state index contributed by atoms with van der Waals surface area (Å²) in [6, 6.07) is -0.638. The first-order valence-electron chi connectivity index (χ1n) is 5.02. The number of unbranched alkanes of at least 4 members (excludes halogenated alkanes) is 1. The second kappa shape index (κ2) is 5.81. The van der Waals surface area contributed by atoms with Gasteiger partial charge in [0.15, 0.2) is 0 Å². The quantitative estimate of drug-likeness (QED) is 0.556. The number of allylic oxidation sites excluding steroid dienone is 1. The van der Waals surface area contributed by atoms with Gasteiger partial charge in [-0.25, -0.2) is 4.79 Å². The summed E-state index contributed by atoms with van der Waals surface area (Å²) in [7, 11) is 0. The van der Waals surface area contributed by atoms with Crippen LogP contribution >= 0.6 is 0 Å². The molecule has 0 aliphatic carbocycles. The van der Waals surface area contributed by atoms with Crippen molar-refractivity contribution in [1.29, 1.82) is 0 Å². The van der Waals surface area contributed by atoms with E-state index in [1.165, 1.54) is 0 Å². The first kappa shape index (κ1) is 13.2. The molecule has 0 aromatic rings. The Hall–Kier alpha value is -0.830. The Morgan fingerprint density at radius 3 is 2.50 bits per heavy atom. The highest BCUT2D eigenvalue weighted by molar-refractivity contribution is 5.78. The fourth-order valence-electron chi connectivity index (χ4n) is 0.858. The van der Waals surface area contributed by atoms with E-state index in [9.17, 15) is 4.79 Å². The molecule has 3 nitrogen and oxygen atoms in total. The zero-order chi connectivity index (χ0) is 11.2. The smallest absolute Gasteiger partial charge is 0.327 e. The van der Waals surface area contributed by atoms with Gasteiger partial charge in [-0.1, -0.05) is 25.5 Å². The van der Waals surface area contributed by atoms with Gasteiger partial charge in [0.25, 0.3) is 0 Å². The minimum Gasteiger partial charge on any atom is -0.459 e. The van der Waals surface area contributed by atoms with Crippen LogP contribution in [0.1, 0.15) is 40.5 Å². The van der Waals surface area contributed by atoms with Gasteiger partial charge in [-0.2, -0.15) is 0 Å². The van der Waals surface area contributed by atoms with Crippen LogP contribution in [0.5, 0.6) is 0 Å². The van der Waals surface area contributed by atoms with E-state index in [-0.39, 0.29) is 5.97 Å². The Kier molecular flexibility index (Phi) is 5.46. The Balaban J connectivity index is 4.00. The minimum atomic E-state index is -0.638. The summed E-state index contributed by atoms with van der Waals surface area (Å²) in [5, 5.41) is 0. The number of ether oxygens (including phenoxy) is 1. The molecule has 0 saturated carbocycles. The molecule has 0 aliphatic heterocycles. The van der Waals surface area contributed by atoms with Crippen LogP contribution in [-0.2, 0) is 9.53 Å². The number of nitrogens with two attached hydrogens (primary N) is 1. The molecule has 3 heteroatoms. The van der Waals surface area contributed by atoms with E-state index in [1.54, 1.807) is 6.08 Å². The highest BCUT2D eigenvalue weighted by Crippen LogP contribution is 2.08. The maximum atomic E-state index is 11.4. The Morgan fingerprint density at radius 1 is 1.50 bits per heavy atom. The van der Waals surface area contributed by atoms with E-state index >= 15 is 0 Å². The third-order valence-electron chi connectivity index (χ3n) is 1.48. The lowest BCUT2D eigenvalue weighted by Gasteiger charge is -2.20. The summed E-state index contributed by atoms with van der Waals surface area (Å²) >= 11 is 0. The lowest BCUT2D eigenvalue weighted by Crippen LogP contribution is -2.35. The molecule has 0 radical (unpaired) electrons. The van der Waals surface area contributed by atoms with E-state index in [2.05, 4.69) is 6.92 Å². The zero-order valence-electron chi connectivity index (χ0n) is 9.54. The van der Waals surface area contributed by atoms with Crippen LogP contribution in [0.2, 0.25) is 0 Å². The van der Waals surface area contributed by atoms with E-state index in [0.29, 0.717) is 0 Å². The van der Waals surface area contributed by atoms with Crippen LogP contribution in [-0.4, -0.2) is 17.6 Å². The van der Waals surface area contributed by atoms with Crippen molar-refractivity contribution >= 4 is 5.97 Å². The molecule has 0 spiro atoms. The van der Waals surface area contributed by atoms with Crippen LogP contribution in [0, 0.1) is 0 Å². The number of carbonyl (C=O) groups excluding carboxylic acids is 1. The highest BCUT2D eigenvalue weighted by atomic mass is 16.6. The van der Waals surface area contributed by atoms with E-state index in [0.717, 1.165) is 12.8 Å². The number of hydrogen-bond donors (Lipinski definition) is 1. The minimum absolute atomic E-state index is 0.371. The molecule has 0 saturated heterocycles. The highest BCUT2D eigenvalue weighted by Gasteiger charge is 2.19. The molecule has 0 aromatic carbocycles. The van der Waals surface area contributed by atoms with Crippen molar-refractivity contribution in [3.05, 3.63) is 12.2 Å². The SMILES string of the molecule is CCC/C=C/C(N)C(=O)OC(C)(C)C. The van der Waals surface area contributed by atoms with Crippen molar-refractivity contribution in [2.75, 3.05) is 0 Å². The molecule has 0 heterocycles. The van der Waals surface area contributed by atoms with E-state index in [4.69, 9.17) is 10.5 Å². The third kappa shape index (κ3) is 6.66. The van der Waals surface area contributed by atoms with Crippen molar-refractivity contribution in [2.24, 2.45) is 5.73 Å².